The van der Waals surface area contributed by atoms with E-state index in [1.165, 1.54) is 6.21 Å². The highest BCUT2D eigenvalue weighted by Crippen LogP contribution is 2.23. The summed E-state index contributed by atoms with van der Waals surface area (Å²) in [5.41, 5.74) is -0.253. The average molecular weight is 314 g/mol. The van der Waals surface area contributed by atoms with Crippen LogP contribution in [0.4, 0.5) is 4.79 Å². The molecule has 0 aromatic heterocycles. The van der Waals surface area contributed by atoms with Gasteiger partial charge in [0.1, 0.15) is 5.54 Å². The van der Waals surface area contributed by atoms with Crippen molar-refractivity contribution in [3.05, 3.63) is 33.8 Å². The number of halogens is 2. The summed E-state index contributed by atoms with van der Waals surface area (Å²) in [5.74, 6) is -0.374. The van der Waals surface area contributed by atoms with Crippen LogP contribution < -0.4 is 5.32 Å². The van der Waals surface area contributed by atoms with Crippen molar-refractivity contribution in [2.24, 2.45) is 5.10 Å². The molecule has 1 aromatic carbocycles. The number of hydrogen-bond acceptors (Lipinski definition) is 3. The molecule has 1 saturated heterocycles. The van der Waals surface area contributed by atoms with Gasteiger partial charge in [0.15, 0.2) is 0 Å². The van der Waals surface area contributed by atoms with Crippen molar-refractivity contribution in [3.63, 3.8) is 0 Å². The first-order valence-electron chi connectivity index (χ1n) is 6.03. The molecule has 1 aliphatic heterocycles. The van der Waals surface area contributed by atoms with Gasteiger partial charge in [0.2, 0.25) is 0 Å². The molecule has 1 aliphatic rings. The van der Waals surface area contributed by atoms with Gasteiger partial charge in [0.05, 0.1) is 16.3 Å². The number of carbonyl (C=O) groups is 2. The molecule has 3 amide bonds. The van der Waals surface area contributed by atoms with Crippen molar-refractivity contribution in [1.29, 1.82) is 0 Å². The van der Waals surface area contributed by atoms with Crippen LogP contribution in [0.15, 0.2) is 23.3 Å². The monoisotopic (exact) mass is 313 g/mol. The molecule has 1 aromatic rings. The number of hydrazone groups is 1. The molecule has 0 saturated carbocycles. The van der Waals surface area contributed by atoms with Gasteiger partial charge >= 0.3 is 6.03 Å². The van der Waals surface area contributed by atoms with Crippen molar-refractivity contribution in [1.82, 2.24) is 10.3 Å². The average Bonchev–Trinajstić information content (AvgIpc) is 2.63. The fraction of sp³-hybridized carbons (Fsp3) is 0.308. The molecule has 2 rings (SSSR count). The highest BCUT2D eigenvalue weighted by Gasteiger charge is 2.46. The van der Waals surface area contributed by atoms with E-state index in [0.717, 1.165) is 5.01 Å². The Labute approximate surface area is 126 Å². The third-order valence-corrected chi connectivity index (χ3v) is 3.95. The predicted molar refractivity (Wildman–Crippen MR) is 78.1 cm³/mol. The molecule has 1 fully saturated rings. The number of benzene rings is 1. The summed E-state index contributed by atoms with van der Waals surface area (Å²) < 4.78 is 0. The second-order valence-electron chi connectivity index (χ2n) is 4.65. The minimum Gasteiger partial charge on any atom is -0.322 e. The summed E-state index contributed by atoms with van der Waals surface area (Å²) in [4.78, 5) is 23.8. The number of nitrogens with one attached hydrogen (secondary N) is 1. The number of imide groups is 1. The number of hydrogen-bond donors (Lipinski definition) is 1. The Hall–Kier alpha value is -1.59. The van der Waals surface area contributed by atoms with Crippen LogP contribution in [-0.2, 0) is 4.79 Å². The Bertz CT molecular complexity index is 603. The summed E-state index contributed by atoms with van der Waals surface area (Å²) in [6.07, 6.45) is 1.89. The summed E-state index contributed by atoms with van der Waals surface area (Å²) in [6.45, 7) is 3.49. The molecule has 1 heterocycles. The van der Waals surface area contributed by atoms with Crippen molar-refractivity contribution in [2.75, 3.05) is 0 Å². The van der Waals surface area contributed by atoms with E-state index in [1.807, 2.05) is 6.92 Å². The van der Waals surface area contributed by atoms with Gasteiger partial charge in [-0.15, -0.1) is 5.01 Å². The lowest BCUT2D eigenvalue weighted by atomic mass is 10.00. The second-order valence-corrected chi connectivity index (χ2v) is 5.47. The third-order valence-electron chi connectivity index (χ3n) is 3.21. The van der Waals surface area contributed by atoms with Gasteiger partial charge < -0.3 is 5.32 Å². The number of amides is 3. The van der Waals surface area contributed by atoms with E-state index >= 15 is 0 Å². The molecular formula is C13H13Cl2N3O2. The van der Waals surface area contributed by atoms with Crippen LogP contribution in [0.1, 0.15) is 25.8 Å². The Balaban J connectivity index is 2.21. The molecule has 1 unspecified atom stereocenters. The molecule has 1 N–H and O–H groups in total. The second kappa shape index (κ2) is 5.42. The van der Waals surface area contributed by atoms with Gasteiger partial charge in [-0.05, 0) is 31.0 Å². The Morgan fingerprint density at radius 1 is 1.35 bits per heavy atom. The molecule has 0 bridgehead atoms. The summed E-state index contributed by atoms with van der Waals surface area (Å²) >= 11 is 11.7. The van der Waals surface area contributed by atoms with Crippen LogP contribution in [0.3, 0.4) is 0 Å². The van der Waals surface area contributed by atoms with Gasteiger partial charge in [-0.2, -0.15) is 5.10 Å². The number of urea groups is 1. The first-order chi connectivity index (χ1) is 9.37. The summed E-state index contributed by atoms with van der Waals surface area (Å²) in [7, 11) is 0. The maximum Gasteiger partial charge on any atom is 0.346 e. The van der Waals surface area contributed by atoms with Gasteiger partial charge in [0.25, 0.3) is 5.91 Å². The van der Waals surface area contributed by atoms with Crippen LogP contribution in [-0.4, -0.2) is 28.7 Å². The van der Waals surface area contributed by atoms with Gasteiger partial charge in [-0.1, -0.05) is 36.2 Å². The molecule has 7 heteroatoms. The van der Waals surface area contributed by atoms with Crippen LogP contribution >= 0.6 is 23.2 Å². The zero-order chi connectivity index (χ0) is 14.9. The van der Waals surface area contributed by atoms with E-state index in [9.17, 15) is 9.59 Å². The normalized spacial score (nSPS) is 22.7. The summed E-state index contributed by atoms with van der Waals surface area (Å²) in [5, 5.41) is 8.16. The molecule has 20 heavy (non-hydrogen) atoms. The first-order valence-corrected chi connectivity index (χ1v) is 6.78. The lowest BCUT2D eigenvalue weighted by Gasteiger charge is -2.17. The number of rotatable bonds is 3. The number of nitrogens with zero attached hydrogens (tertiary/aromatic N) is 2. The van der Waals surface area contributed by atoms with E-state index in [1.54, 1.807) is 25.1 Å². The van der Waals surface area contributed by atoms with E-state index in [-0.39, 0.29) is 5.91 Å². The quantitative estimate of drug-likeness (QED) is 0.688. The van der Waals surface area contributed by atoms with Crippen LogP contribution in [0, 0.1) is 0 Å². The molecule has 106 valence electrons. The van der Waals surface area contributed by atoms with E-state index < -0.39 is 11.6 Å². The van der Waals surface area contributed by atoms with Gasteiger partial charge in [-0.3, -0.25) is 4.79 Å². The van der Waals surface area contributed by atoms with Gasteiger partial charge in [0, 0.05) is 0 Å². The highest BCUT2D eigenvalue weighted by atomic mass is 35.5. The molecule has 0 spiro atoms. The van der Waals surface area contributed by atoms with Crippen LogP contribution in [0.5, 0.6) is 0 Å². The van der Waals surface area contributed by atoms with Crippen molar-refractivity contribution < 1.29 is 9.59 Å². The lowest BCUT2D eigenvalue weighted by Crippen LogP contribution is -2.42. The molecule has 5 nitrogen and oxygen atoms in total. The molecule has 1 atom stereocenters. The zero-order valence-corrected chi connectivity index (χ0v) is 12.5. The minimum atomic E-state index is -0.897. The molecule has 0 aliphatic carbocycles. The standard InChI is InChI=1S/C13H13Cl2N3O2/c1-3-13(2)11(19)18(12(20)17-13)16-7-8-4-5-9(14)10(15)6-8/h4-7H,3H2,1-2H3,(H,17,20). The van der Waals surface area contributed by atoms with Crippen molar-refractivity contribution in [2.45, 2.75) is 25.8 Å². The smallest absolute Gasteiger partial charge is 0.322 e. The highest BCUT2D eigenvalue weighted by molar-refractivity contribution is 6.42. The third kappa shape index (κ3) is 2.64. The predicted octanol–water partition coefficient (Wildman–Crippen LogP) is 3.05. The maximum absolute atomic E-state index is 12.1. The molecular weight excluding hydrogens is 301 g/mol. The SMILES string of the molecule is CCC1(C)NC(=O)N(N=Cc2ccc(Cl)c(Cl)c2)C1=O. The first kappa shape index (κ1) is 14.8. The fourth-order valence-electron chi connectivity index (χ4n) is 1.73. The Kier molecular flexibility index (Phi) is 4.01. The topological polar surface area (TPSA) is 61.8 Å². The van der Waals surface area contributed by atoms with Crippen LogP contribution in [0.2, 0.25) is 10.0 Å². The summed E-state index contributed by atoms with van der Waals surface area (Å²) in [6, 6.07) is 4.38. The van der Waals surface area contributed by atoms with E-state index in [2.05, 4.69) is 10.4 Å². The molecule has 0 radical (unpaired) electrons. The van der Waals surface area contributed by atoms with E-state index in [0.29, 0.717) is 22.0 Å². The zero-order valence-electron chi connectivity index (χ0n) is 11.0. The van der Waals surface area contributed by atoms with Crippen LogP contribution in [0.25, 0.3) is 0 Å². The Morgan fingerprint density at radius 2 is 2.05 bits per heavy atom. The minimum absolute atomic E-state index is 0.374. The van der Waals surface area contributed by atoms with E-state index in [4.69, 9.17) is 23.2 Å². The van der Waals surface area contributed by atoms with Crippen molar-refractivity contribution >= 4 is 41.4 Å². The lowest BCUT2D eigenvalue weighted by molar-refractivity contribution is -0.130. The Morgan fingerprint density at radius 3 is 2.60 bits per heavy atom. The maximum atomic E-state index is 12.1. The largest absolute Gasteiger partial charge is 0.346 e. The van der Waals surface area contributed by atoms with Crippen molar-refractivity contribution in [3.8, 4) is 0 Å². The van der Waals surface area contributed by atoms with Gasteiger partial charge in [-0.25, -0.2) is 4.79 Å². The fourth-order valence-corrected chi connectivity index (χ4v) is 2.04. The number of carbonyl (C=O) groups excluding carboxylic acids is 2.